The zero-order valence-corrected chi connectivity index (χ0v) is 12.9. The summed E-state index contributed by atoms with van der Waals surface area (Å²) in [5.41, 5.74) is 6.27. The third-order valence-corrected chi connectivity index (χ3v) is 4.95. The van der Waals surface area contributed by atoms with Crippen molar-refractivity contribution in [2.45, 2.75) is 45.1 Å². The number of hydrogen-bond donors (Lipinski definition) is 1. The summed E-state index contributed by atoms with van der Waals surface area (Å²) in [6.45, 7) is 4.32. The summed E-state index contributed by atoms with van der Waals surface area (Å²) < 4.78 is 28.5. The van der Waals surface area contributed by atoms with Gasteiger partial charge in [0.1, 0.15) is 11.6 Å². The molecular weight excluding hydrogens is 312 g/mol. The second kappa shape index (κ2) is 5.88. The maximum atomic E-state index is 14.2. The number of hydrogen-bond acceptors (Lipinski definition) is 1. The van der Waals surface area contributed by atoms with Crippen molar-refractivity contribution < 1.29 is 8.78 Å². The van der Waals surface area contributed by atoms with Crippen molar-refractivity contribution in [3.05, 3.63) is 33.8 Å². The molecular formula is C15H20BrF2N. The Hall–Kier alpha value is -0.480. The van der Waals surface area contributed by atoms with E-state index in [-0.39, 0.29) is 17.5 Å². The Balaban J connectivity index is 2.36. The molecule has 3 unspecified atom stereocenters. The van der Waals surface area contributed by atoms with E-state index in [1.807, 2.05) is 0 Å². The minimum Gasteiger partial charge on any atom is -0.327 e. The molecule has 0 bridgehead atoms. The fraction of sp³-hybridized carbons (Fsp3) is 0.600. The monoisotopic (exact) mass is 331 g/mol. The van der Waals surface area contributed by atoms with E-state index in [1.165, 1.54) is 12.1 Å². The molecule has 0 aromatic heterocycles. The van der Waals surface area contributed by atoms with Crippen molar-refractivity contribution in [1.82, 2.24) is 0 Å². The highest BCUT2D eigenvalue weighted by Gasteiger charge is 2.34. The van der Waals surface area contributed by atoms with Gasteiger partial charge in [-0.1, -0.05) is 13.8 Å². The van der Waals surface area contributed by atoms with Crippen LogP contribution in [0.2, 0.25) is 0 Å². The van der Waals surface area contributed by atoms with Gasteiger partial charge < -0.3 is 5.73 Å². The second-order valence-corrected chi connectivity index (χ2v) is 6.70. The van der Waals surface area contributed by atoms with Crippen molar-refractivity contribution in [3.8, 4) is 0 Å². The van der Waals surface area contributed by atoms with E-state index >= 15 is 0 Å². The molecule has 0 heterocycles. The Bertz CT molecular complexity index is 462. The molecule has 1 aromatic carbocycles. The van der Waals surface area contributed by atoms with Crippen molar-refractivity contribution in [2.75, 3.05) is 0 Å². The first kappa shape index (κ1) is 14.9. The summed E-state index contributed by atoms with van der Waals surface area (Å²) in [5, 5.41) is 0. The highest BCUT2D eigenvalue weighted by molar-refractivity contribution is 9.10. The summed E-state index contributed by atoms with van der Waals surface area (Å²) in [5.74, 6) is -0.190. The van der Waals surface area contributed by atoms with Gasteiger partial charge in [0.25, 0.3) is 0 Å². The molecule has 2 N–H and O–H groups in total. The standard InChI is InChI=1S/C15H20BrF2N/c1-8(2)9-3-6-13(19)10(7-9)14-12(17)5-4-11(16)15(14)18/h4-5,8-10,13H,3,6-7,19H2,1-2H3. The number of benzene rings is 1. The lowest BCUT2D eigenvalue weighted by Gasteiger charge is -2.36. The Morgan fingerprint density at radius 2 is 1.95 bits per heavy atom. The normalized spacial score (nSPS) is 27.8. The first-order valence-electron chi connectivity index (χ1n) is 6.80. The molecule has 0 saturated heterocycles. The summed E-state index contributed by atoms with van der Waals surface area (Å²) in [6, 6.07) is 2.56. The lowest BCUT2D eigenvalue weighted by molar-refractivity contribution is 0.227. The maximum Gasteiger partial charge on any atom is 0.143 e. The second-order valence-electron chi connectivity index (χ2n) is 5.84. The van der Waals surface area contributed by atoms with E-state index in [0.29, 0.717) is 16.3 Å². The van der Waals surface area contributed by atoms with E-state index < -0.39 is 11.6 Å². The smallest absolute Gasteiger partial charge is 0.143 e. The summed E-state index contributed by atoms with van der Waals surface area (Å²) >= 11 is 3.13. The Kier molecular flexibility index (Phi) is 4.62. The zero-order valence-electron chi connectivity index (χ0n) is 11.3. The minimum atomic E-state index is -0.496. The zero-order chi connectivity index (χ0) is 14.2. The molecule has 1 aliphatic carbocycles. The van der Waals surface area contributed by atoms with Crippen molar-refractivity contribution >= 4 is 15.9 Å². The van der Waals surface area contributed by atoms with Crippen LogP contribution in [0.5, 0.6) is 0 Å². The van der Waals surface area contributed by atoms with Gasteiger partial charge in [0.2, 0.25) is 0 Å². The Labute approximate surface area is 121 Å². The molecule has 1 nitrogen and oxygen atoms in total. The van der Waals surface area contributed by atoms with Crippen LogP contribution in [0.1, 0.15) is 44.6 Å². The quantitative estimate of drug-likeness (QED) is 0.788. The lowest BCUT2D eigenvalue weighted by Crippen LogP contribution is -2.36. The lowest BCUT2D eigenvalue weighted by atomic mass is 9.71. The van der Waals surface area contributed by atoms with E-state index in [0.717, 1.165) is 19.3 Å². The number of rotatable bonds is 2. The van der Waals surface area contributed by atoms with Crippen molar-refractivity contribution in [1.29, 1.82) is 0 Å². The SMILES string of the molecule is CC(C)C1CCC(N)C(c2c(F)ccc(Br)c2F)C1. The summed E-state index contributed by atoms with van der Waals surface area (Å²) in [6.07, 6.45) is 2.65. The largest absolute Gasteiger partial charge is 0.327 e. The molecule has 106 valence electrons. The average molecular weight is 332 g/mol. The summed E-state index contributed by atoms with van der Waals surface area (Å²) in [4.78, 5) is 0. The average Bonchev–Trinajstić information content (AvgIpc) is 2.36. The Morgan fingerprint density at radius 1 is 1.26 bits per heavy atom. The molecule has 0 radical (unpaired) electrons. The fourth-order valence-electron chi connectivity index (χ4n) is 3.05. The van der Waals surface area contributed by atoms with Crippen LogP contribution in [0.15, 0.2) is 16.6 Å². The van der Waals surface area contributed by atoms with Crippen LogP contribution in [0.25, 0.3) is 0 Å². The van der Waals surface area contributed by atoms with Gasteiger partial charge in [-0.15, -0.1) is 0 Å². The predicted molar refractivity (Wildman–Crippen MR) is 77.0 cm³/mol. The minimum absolute atomic E-state index is 0.159. The van der Waals surface area contributed by atoms with Gasteiger partial charge in [-0.05, 0) is 59.2 Å². The van der Waals surface area contributed by atoms with Gasteiger partial charge in [0, 0.05) is 17.5 Å². The van der Waals surface area contributed by atoms with Gasteiger partial charge in [-0.25, -0.2) is 8.78 Å². The van der Waals surface area contributed by atoms with Crippen LogP contribution < -0.4 is 5.73 Å². The van der Waals surface area contributed by atoms with Crippen LogP contribution in [-0.2, 0) is 0 Å². The molecule has 0 spiro atoms. The molecule has 1 fully saturated rings. The van der Waals surface area contributed by atoms with E-state index in [1.54, 1.807) is 0 Å². The van der Waals surface area contributed by atoms with Gasteiger partial charge in [-0.2, -0.15) is 0 Å². The molecule has 0 aliphatic heterocycles. The first-order chi connectivity index (χ1) is 8.91. The van der Waals surface area contributed by atoms with E-state index in [4.69, 9.17) is 5.73 Å². The predicted octanol–water partition coefficient (Wildman–Crippen LogP) is 4.59. The molecule has 1 saturated carbocycles. The van der Waals surface area contributed by atoms with Gasteiger partial charge in [0.15, 0.2) is 0 Å². The third kappa shape index (κ3) is 3.00. The topological polar surface area (TPSA) is 26.0 Å². The molecule has 3 atom stereocenters. The number of nitrogens with two attached hydrogens (primary N) is 1. The third-order valence-electron chi connectivity index (χ3n) is 4.34. The molecule has 4 heteroatoms. The van der Waals surface area contributed by atoms with Gasteiger partial charge in [0.05, 0.1) is 4.47 Å². The highest BCUT2D eigenvalue weighted by atomic mass is 79.9. The van der Waals surface area contributed by atoms with E-state index in [9.17, 15) is 8.78 Å². The van der Waals surface area contributed by atoms with Crippen molar-refractivity contribution in [3.63, 3.8) is 0 Å². The first-order valence-corrected chi connectivity index (χ1v) is 7.60. The van der Waals surface area contributed by atoms with Crippen LogP contribution in [-0.4, -0.2) is 6.04 Å². The van der Waals surface area contributed by atoms with Gasteiger partial charge >= 0.3 is 0 Å². The van der Waals surface area contributed by atoms with Crippen LogP contribution in [0, 0.1) is 23.5 Å². The molecule has 1 aromatic rings. The maximum absolute atomic E-state index is 14.2. The molecule has 1 aliphatic rings. The molecule has 0 amide bonds. The van der Waals surface area contributed by atoms with Crippen LogP contribution in [0.3, 0.4) is 0 Å². The molecule has 19 heavy (non-hydrogen) atoms. The number of halogens is 3. The summed E-state index contributed by atoms with van der Waals surface area (Å²) in [7, 11) is 0. The fourth-order valence-corrected chi connectivity index (χ4v) is 3.39. The Morgan fingerprint density at radius 3 is 2.58 bits per heavy atom. The highest BCUT2D eigenvalue weighted by Crippen LogP contribution is 2.41. The molecule has 2 rings (SSSR count). The van der Waals surface area contributed by atoms with Crippen molar-refractivity contribution in [2.24, 2.45) is 17.6 Å². The van der Waals surface area contributed by atoms with Crippen LogP contribution in [0.4, 0.5) is 8.78 Å². The van der Waals surface area contributed by atoms with Crippen LogP contribution >= 0.6 is 15.9 Å². The van der Waals surface area contributed by atoms with Gasteiger partial charge in [-0.3, -0.25) is 0 Å². The van der Waals surface area contributed by atoms with E-state index in [2.05, 4.69) is 29.8 Å².